The Labute approximate surface area is 182 Å². The molecule has 0 saturated heterocycles. The molecule has 1 aliphatic carbocycles. The highest BCUT2D eigenvalue weighted by molar-refractivity contribution is 7.92. The zero-order chi connectivity index (χ0) is 22.0. The van der Waals surface area contributed by atoms with Gasteiger partial charge in [-0.05, 0) is 55.2 Å². The largest absolute Gasteiger partial charge is 0.349 e. The predicted molar refractivity (Wildman–Crippen MR) is 120 cm³/mol. The van der Waals surface area contributed by atoms with Crippen LogP contribution in [0, 0.1) is 0 Å². The Balaban J connectivity index is 1.55. The van der Waals surface area contributed by atoms with Crippen molar-refractivity contribution in [1.29, 1.82) is 0 Å². The fourth-order valence-electron chi connectivity index (χ4n) is 4.36. The lowest BCUT2D eigenvalue weighted by Crippen LogP contribution is -2.36. The number of sulfonamides is 1. The summed E-state index contributed by atoms with van der Waals surface area (Å²) in [6, 6.07) is 11.5. The molecule has 2 aromatic carbocycles. The molecular weight excluding hydrogens is 414 g/mol. The van der Waals surface area contributed by atoms with Gasteiger partial charge < -0.3 is 10.2 Å². The first kappa shape index (κ1) is 21.4. The number of benzene rings is 2. The van der Waals surface area contributed by atoms with E-state index in [-0.39, 0.29) is 28.4 Å². The summed E-state index contributed by atoms with van der Waals surface area (Å²) in [6.45, 7) is 2.04. The summed E-state index contributed by atoms with van der Waals surface area (Å²) in [6.07, 6.45) is 5.89. The fourth-order valence-corrected chi connectivity index (χ4v) is 5.49. The molecule has 1 aliphatic heterocycles. The number of nitrogens with zero attached hydrogens (tertiary/aromatic N) is 1. The summed E-state index contributed by atoms with van der Waals surface area (Å²) in [5, 5.41) is 3.04. The zero-order valence-electron chi connectivity index (χ0n) is 17.6. The number of rotatable bonds is 5. The van der Waals surface area contributed by atoms with Gasteiger partial charge in [0.15, 0.2) is 0 Å². The van der Waals surface area contributed by atoms with Crippen molar-refractivity contribution in [2.75, 3.05) is 16.2 Å². The summed E-state index contributed by atoms with van der Waals surface area (Å²) in [5.41, 5.74) is 2.13. The van der Waals surface area contributed by atoms with E-state index in [9.17, 15) is 18.0 Å². The topological polar surface area (TPSA) is 95.6 Å². The Kier molecular flexibility index (Phi) is 6.00. The SMILES string of the molecule is CC(=O)N1CCc2cc(S(=O)(=O)Nc3ccccc3C(=O)NC3CCCCC3)ccc21. The van der Waals surface area contributed by atoms with Gasteiger partial charge in [0.1, 0.15) is 0 Å². The number of anilines is 2. The third-order valence-electron chi connectivity index (χ3n) is 5.99. The van der Waals surface area contributed by atoms with Gasteiger partial charge in [-0.3, -0.25) is 14.3 Å². The molecule has 2 aromatic rings. The molecule has 1 saturated carbocycles. The molecule has 1 fully saturated rings. The van der Waals surface area contributed by atoms with E-state index >= 15 is 0 Å². The van der Waals surface area contributed by atoms with Crippen molar-refractivity contribution in [3.8, 4) is 0 Å². The zero-order valence-corrected chi connectivity index (χ0v) is 18.4. The molecule has 8 heteroatoms. The average Bonchev–Trinajstić information content (AvgIpc) is 3.18. The number of nitrogens with one attached hydrogen (secondary N) is 2. The fraction of sp³-hybridized carbons (Fsp3) is 0.391. The van der Waals surface area contributed by atoms with Gasteiger partial charge >= 0.3 is 0 Å². The Bertz CT molecular complexity index is 1110. The number of fused-ring (bicyclic) bond motifs is 1. The van der Waals surface area contributed by atoms with Crippen molar-refractivity contribution < 1.29 is 18.0 Å². The maximum Gasteiger partial charge on any atom is 0.261 e. The molecule has 2 N–H and O–H groups in total. The minimum absolute atomic E-state index is 0.0645. The van der Waals surface area contributed by atoms with Gasteiger partial charge in [-0.2, -0.15) is 0 Å². The Hall–Kier alpha value is -2.87. The van der Waals surface area contributed by atoms with E-state index in [1.807, 2.05) is 0 Å². The van der Waals surface area contributed by atoms with Crippen LogP contribution in [0.15, 0.2) is 47.4 Å². The normalized spacial score (nSPS) is 16.6. The summed E-state index contributed by atoms with van der Waals surface area (Å²) in [7, 11) is -3.90. The van der Waals surface area contributed by atoms with E-state index in [0.29, 0.717) is 18.5 Å². The van der Waals surface area contributed by atoms with E-state index in [0.717, 1.165) is 36.9 Å². The maximum absolute atomic E-state index is 13.1. The number of hydrogen-bond acceptors (Lipinski definition) is 4. The summed E-state index contributed by atoms with van der Waals surface area (Å²) in [4.78, 5) is 26.3. The van der Waals surface area contributed by atoms with Gasteiger partial charge in [0.05, 0.1) is 16.1 Å². The molecule has 31 heavy (non-hydrogen) atoms. The molecule has 0 bridgehead atoms. The molecule has 2 amide bonds. The number of carbonyl (C=O) groups is 2. The number of hydrogen-bond donors (Lipinski definition) is 2. The van der Waals surface area contributed by atoms with E-state index in [2.05, 4.69) is 10.0 Å². The van der Waals surface area contributed by atoms with Crippen molar-refractivity contribution in [3.63, 3.8) is 0 Å². The third-order valence-corrected chi connectivity index (χ3v) is 7.36. The van der Waals surface area contributed by atoms with E-state index in [1.54, 1.807) is 41.3 Å². The molecule has 0 spiro atoms. The van der Waals surface area contributed by atoms with E-state index in [1.165, 1.54) is 19.4 Å². The van der Waals surface area contributed by atoms with Crippen LogP contribution < -0.4 is 14.9 Å². The highest BCUT2D eigenvalue weighted by Gasteiger charge is 2.26. The molecule has 0 radical (unpaired) electrons. The molecule has 4 rings (SSSR count). The molecule has 2 aliphatic rings. The summed E-state index contributed by atoms with van der Waals surface area (Å²) < 4.78 is 28.7. The van der Waals surface area contributed by atoms with Crippen LogP contribution >= 0.6 is 0 Å². The lowest BCUT2D eigenvalue weighted by atomic mass is 9.95. The van der Waals surface area contributed by atoms with Crippen LogP contribution in [0.3, 0.4) is 0 Å². The van der Waals surface area contributed by atoms with Gasteiger partial charge in [-0.1, -0.05) is 31.4 Å². The van der Waals surface area contributed by atoms with Gasteiger partial charge in [0.25, 0.3) is 15.9 Å². The van der Waals surface area contributed by atoms with Crippen LogP contribution in [-0.4, -0.2) is 32.8 Å². The van der Waals surface area contributed by atoms with Crippen molar-refractivity contribution in [3.05, 3.63) is 53.6 Å². The van der Waals surface area contributed by atoms with Crippen molar-refractivity contribution >= 4 is 33.2 Å². The Morgan fingerprint density at radius 3 is 2.52 bits per heavy atom. The molecular formula is C23H27N3O4S. The molecule has 0 aromatic heterocycles. The maximum atomic E-state index is 13.1. The van der Waals surface area contributed by atoms with Crippen LogP contribution in [0.5, 0.6) is 0 Å². The van der Waals surface area contributed by atoms with E-state index in [4.69, 9.17) is 0 Å². The van der Waals surface area contributed by atoms with Crippen LogP contribution in [0.2, 0.25) is 0 Å². The Morgan fingerprint density at radius 1 is 1.03 bits per heavy atom. The highest BCUT2D eigenvalue weighted by atomic mass is 32.2. The predicted octanol–water partition coefficient (Wildman–Crippen LogP) is 3.46. The minimum Gasteiger partial charge on any atom is -0.349 e. The number of para-hydroxylation sites is 1. The standard InChI is InChI=1S/C23H27N3O4S/c1-16(27)26-14-13-17-15-19(11-12-22(17)26)31(29,30)25-21-10-6-5-9-20(21)23(28)24-18-7-3-2-4-8-18/h5-6,9-12,15,18,25H,2-4,7-8,13-14H2,1H3,(H,24,28). The molecule has 164 valence electrons. The lowest BCUT2D eigenvalue weighted by molar-refractivity contribution is -0.116. The van der Waals surface area contributed by atoms with Crippen molar-refractivity contribution in [1.82, 2.24) is 5.32 Å². The highest BCUT2D eigenvalue weighted by Crippen LogP contribution is 2.31. The smallest absolute Gasteiger partial charge is 0.261 e. The van der Waals surface area contributed by atoms with Crippen LogP contribution in [-0.2, 0) is 21.2 Å². The second-order valence-corrected chi connectivity index (χ2v) is 9.85. The van der Waals surface area contributed by atoms with Crippen molar-refractivity contribution in [2.45, 2.75) is 56.4 Å². The van der Waals surface area contributed by atoms with Gasteiger partial charge in [-0.25, -0.2) is 8.42 Å². The molecule has 1 heterocycles. The second-order valence-electron chi connectivity index (χ2n) is 8.17. The quantitative estimate of drug-likeness (QED) is 0.743. The molecule has 0 atom stereocenters. The molecule has 0 unspecified atom stereocenters. The minimum atomic E-state index is -3.90. The van der Waals surface area contributed by atoms with Crippen LogP contribution in [0.4, 0.5) is 11.4 Å². The van der Waals surface area contributed by atoms with E-state index < -0.39 is 10.0 Å². The molecule has 7 nitrogen and oxygen atoms in total. The average molecular weight is 442 g/mol. The second kappa shape index (κ2) is 8.70. The summed E-state index contributed by atoms with van der Waals surface area (Å²) in [5.74, 6) is -0.332. The summed E-state index contributed by atoms with van der Waals surface area (Å²) >= 11 is 0. The monoisotopic (exact) mass is 441 g/mol. The Morgan fingerprint density at radius 2 is 1.77 bits per heavy atom. The van der Waals surface area contributed by atoms with Crippen LogP contribution in [0.1, 0.15) is 54.9 Å². The van der Waals surface area contributed by atoms with Gasteiger partial charge in [0.2, 0.25) is 5.91 Å². The van der Waals surface area contributed by atoms with Gasteiger partial charge in [-0.15, -0.1) is 0 Å². The van der Waals surface area contributed by atoms with Gasteiger partial charge in [0, 0.05) is 25.2 Å². The first-order valence-electron chi connectivity index (χ1n) is 10.7. The van der Waals surface area contributed by atoms with Crippen LogP contribution in [0.25, 0.3) is 0 Å². The lowest BCUT2D eigenvalue weighted by Gasteiger charge is -2.23. The number of carbonyl (C=O) groups excluding carboxylic acids is 2. The first-order valence-corrected chi connectivity index (χ1v) is 12.2. The number of amides is 2. The third kappa shape index (κ3) is 4.58. The van der Waals surface area contributed by atoms with Crippen molar-refractivity contribution in [2.24, 2.45) is 0 Å². The first-order chi connectivity index (χ1) is 14.8.